The molecule has 8 heteroatoms. The molecule has 2 aromatic carbocycles. The van der Waals surface area contributed by atoms with Gasteiger partial charge in [-0.05, 0) is 51.8 Å². The van der Waals surface area contributed by atoms with Crippen molar-refractivity contribution in [1.29, 1.82) is 0 Å². The highest BCUT2D eigenvalue weighted by molar-refractivity contribution is 9.10. The highest BCUT2D eigenvalue weighted by Gasteiger charge is 2.21. The van der Waals surface area contributed by atoms with Crippen LogP contribution in [0, 0.1) is 0 Å². The van der Waals surface area contributed by atoms with Gasteiger partial charge in [-0.1, -0.05) is 18.2 Å². The first kappa shape index (κ1) is 19.0. The van der Waals surface area contributed by atoms with E-state index in [9.17, 15) is 13.2 Å². The predicted octanol–water partition coefficient (Wildman–Crippen LogP) is 3.41. The Bertz CT molecular complexity index is 905. The van der Waals surface area contributed by atoms with Crippen LogP contribution in [0.5, 0.6) is 11.5 Å². The Morgan fingerprint density at radius 1 is 1.08 bits per heavy atom. The van der Waals surface area contributed by atoms with Crippen molar-refractivity contribution in [3.05, 3.63) is 58.6 Å². The third-order valence-corrected chi connectivity index (χ3v) is 5.35. The molecule has 132 valence electrons. The van der Waals surface area contributed by atoms with Gasteiger partial charge in [-0.2, -0.15) is 8.42 Å². The molecule has 0 aliphatic rings. The normalized spacial score (nSPS) is 11.3. The fourth-order valence-electron chi connectivity index (χ4n) is 1.90. The Morgan fingerprint density at radius 3 is 2.44 bits per heavy atom. The molecule has 25 heavy (non-hydrogen) atoms. The van der Waals surface area contributed by atoms with Crippen LogP contribution in [-0.2, 0) is 19.6 Å². The monoisotopic (exact) mass is 426 g/mol. The largest absolute Gasteiger partial charge is 0.493 e. The highest BCUT2D eigenvalue weighted by Crippen LogP contribution is 2.32. The summed E-state index contributed by atoms with van der Waals surface area (Å²) in [4.78, 5) is 11.1. The summed E-state index contributed by atoms with van der Waals surface area (Å²) in [6, 6.07) is 10.9. The number of methoxy groups -OCH3 is 2. The van der Waals surface area contributed by atoms with Gasteiger partial charge in [0.2, 0.25) is 0 Å². The Morgan fingerprint density at radius 2 is 1.80 bits per heavy atom. The first-order valence-electron chi connectivity index (χ1n) is 7.00. The molecule has 2 rings (SSSR count). The molecule has 0 aliphatic heterocycles. The van der Waals surface area contributed by atoms with Gasteiger partial charge < -0.3 is 13.7 Å². The Hall–Kier alpha value is -2.32. The first-order valence-corrected chi connectivity index (χ1v) is 9.20. The van der Waals surface area contributed by atoms with Gasteiger partial charge in [-0.3, -0.25) is 0 Å². The quantitative estimate of drug-likeness (QED) is 0.400. The Labute approximate surface area is 154 Å². The number of carbonyl (C=O) groups excluding carboxylic acids is 1. The molecule has 0 saturated heterocycles. The molecular formula is C17H15BrO6S. The molecular weight excluding hydrogens is 412 g/mol. The number of halogens is 1. The molecule has 0 aromatic heterocycles. The lowest BCUT2D eigenvalue weighted by molar-refractivity contribution is -0.134. The standard InChI is InChI=1S/C17H15BrO6S/c1-22-15-11-12(8-10-17(19)23-2)7-9-14(15)24-25(20,21)16-6-4-3-5-13(16)18/h3-11H,1-2H3/b10-8+. The van der Waals surface area contributed by atoms with Crippen molar-refractivity contribution >= 4 is 38.1 Å². The number of hydrogen-bond donors (Lipinski definition) is 0. The average Bonchev–Trinajstić information content (AvgIpc) is 2.60. The van der Waals surface area contributed by atoms with Crippen LogP contribution >= 0.6 is 15.9 Å². The summed E-state index contributed by atoms with van der Waals surface area (Å²) in [6.07, 6.45) is 2.76. The van der Waals surface area contributed by atoms with Gasteiger partial charge in [0, 0.05) is 10.5 Å². The lowest BCUT2D eigenvalue weighted by Gasteiger charge is -2.12. The molecule has 0 heterocycles. The zero-order valence-corrected chi connectivity index (χ0v) is 15.8. The van der Waals surface area contributed by atoms with E-state index in [1.54, 1.807) is 30.3 Å². The van der Waals surface area contributed by atoms with E-state index in [1.165, 1.54) is 38.5 Å². The zero-order valence-electron chi connectivity index (χ0n) is 13.4. The zero-order chi connectivity index (χ0) is 18.4. The summed E-state index contributed by atoms with van der Waals surface area (Å²) in [5.74, 6) is -0.257. The molecule has 0 N–H and O–H groups in total. The average molecular weight is 427 g/mol. The van der Waals surface area contributed by atoms with Crippen molar-refractivity contribution in [1.82, 2.24) is 0 Å². The number of hydrogen-bond acceptors (Lipinski definition) is 6. The van der Waals surface area contributed by atoms with Crippen LogP contribution in [-0.4, -0.2) is 28.6 Å². The Balaban J connectivity index is 2.32. The second-order valence-electron chi connectivity index (χ2n) is 4.73. The SMILES string of the molecule is COC(=O)/C=C/c1ccc(OS(=O)(=O)c2ccccc2Br)c(OC)c1. The van der Waals surface area contributed by atoms with E-state index in [0.717, 1.165) is 0 Å². The van der Waals surface area contributed by atoms with Crippen LogP contribution in [0.4, 0.5) is 0 Å². The number of carbonyl (C=O) groups is 1. The van der Waals surface area contributed by atoms with Crippen molar-refractivity contribution in [3.8, 4) is 11.5 Å². The van der Waals surface area contributed by atoms with Gasteiger partial charge in [-0.15, -0.1) is 0 Å². The van der Waals surface area contributed by atoms with Gasteiger partial charge in [0.15, 0.2) is 11.5 Å². The minimum absolute atomic E-state index is 0.00622. The maximum absolute atomic E-state index is 12.4. The minimum atomic E-state index is -4.04. The molecule has 0 radical (unpaired) electrons. The predicted molar refractivity (Wildman–Crippen MR) is 96.0 cm³/mol. The maximum Gasteiger partial charge on any atom is 0.340 e. The molecule has 0 saturated carbocycles. The summed E-state index contributed by atoms with van der Waals surface area (Å²) in [5, 5.41) is 0. The second-order valence-corrected chi connectivity index (χ2v) is 7.10. The summed E-state index contributed by atoms with van der Waals surface area (Å²) < 4.78 is 40.2. The summed E-state index contributed by atoms with van der Waals surface area (Å²) in [7, 11) is -1.37. The van der Waals surface area contributed by atoms with Crippen molar-refractivity contribution in [2.75, 3.05) is 14.2 Å². The molecule has 0 amide bonds. The van der Waals surface area contributed by atoms with Crippen molar-refractivity contribution in [3.63, 3.8) is 0 Å². The fourth-order valence-corrected chi connectivity index (χ4v) is 3.80. The second kappa shape index (κ2) is 8.17. The lowest BCUT2D eigenvalue weighted by atomic mass is 10.2. The third kappa shape index (κ3) is 4.83. The topological polar surface area (TPSA) is 78.9 Å². The molecule has 0 unspecified atom stereocenters. The summed E-state index contributed by atoms with van der Waals surface area (Å²) in [5.41, 5.74) is 0.618. The molecule has 6 nitrogen and oxygen atoms in total. The minimum Gasteiger partial charge on any atom is -0.493 e. The molecule has 0 atom stereocenters. The number of ether oxygens (including phenoxy) is 2. The molecule has 2 aromatic rings. The van der Waals surface area contributed by atoms with Crippen LogP contribution in [0.3, 0.4) is 0 Å². The van der Waals surface area contributed by atoms with Crippen LogP contribution in [0.25, 0.3) is 6.08 Å². The summed E-state index contributed by atoms with van der Waals surface area (Å²) >= 11 is 3.19. The lowest BCUT2D eigenvalue weighted by Crippen LogP contribution is -2.11. The molecule has 0 spiro atoms. The van der Waals surface area contributed by atoms with Crippen LogP contribution in [0.2, 0.25) is 0 Å². The highest BCUT2D eigenvalue weighted by atomic mass is 79.9. The molecule has 0 aliphatic carbocycles. The van der Waals surface area contributed by atoms with Gasteiger partial charge in [0.05, 0.1) is 14.2 Å². The molecule has 0 bridgehead atoms. The van der Waals surface area contributed by atoms with E-state index in [0.29, 0.717) is 10.0 Å². The summed E-state index contributed by atoms with van der Waals surface area (Å²) in [6.45, 7) is 0. The van der Waals surface area contributed by atoms with E-state index < -0.39 is 16.1 Å². The number of benzene rings is 2. The third-order valence-electron chi connectivity index (χ3n) is 3.11. The van der Waals surface area contributed by atoms with Gasteiger partial charge in [-0.25, -0.2) is 4.79 Å². The van der Waals surface area contributed by atoms with E-state index >= 15 is 0 Å². The van der Waals surface area contributed by atoms with E-state index in [2.05, 4.69) is 20.7 Å². The number of esters is 1. The van der Waals surface area contributed by atoms with Gasteiger partial charge in [0.25, 0.3) is 0 Å². The fraction of sp³-hybridized carbons (Fsp3) is 0.118. The van der Waals surface area contributed by atoms with E-state index in [1.807, 2.05) is 0 Å². The smallest absolute Gasteiger partial charge is 0.340 e. The van der Waals surface area contributed by atoms with Crippen LogP contribution < -0.4 is 8.92 Å². The number of rotatable bonds is 6. The van der Waals surface area contributed by atoms with Crippen molar-refractivity contribution < 1.29 is 26.9 Å². The first-order chi connectivity index (χ1) is 11.9. The van der Waals surface area contributed by atoms with Gasteiger partial charge >= 0.3 is 16.1 Å². The van der Waals surface area contributed by atoms with E-state index in [-0.39, 0.29) is 16.4 Å². The van der Waals surface area contributed by atoms with E-state index in [4.69, 9.17) is 8.92 Å². The van der Waals surface area contributed by atoms with Crippen LogP contribution in [0.15, 0.2) is 57.9 Å². The maximum atomic E-state index is 12.4. The van der Waals surface area contributed by atoms with Crippen LogP contribution in [0.1, 0.15) is 5.56 Å². The molecule has 0 fully saturated rings. The van der Waals surface area contributed by atoms with Gasteiger partial charge in [0.1, 0.15) is 4.90 Å². The Kier molecular flexibility index (Phi) is 6.22. The van der Waals surface area contributed by atoms with Crippen molar-refractivity contribution in [2.45, 2.75) is 4.90 Å². The van der Waals surface area contributed by atoms with Crippen molar-refractivity contribution in [2.24, 2.45) is 0 Å².